The minimum atomic E-state index is -4.83. The third-order valence-corrected chi connectivity index (χ3v) is 3.36. The van der Waals surface area contributed by atoms with E-state index < -0.39 is 11.6 Å². The van der Waals surface area contributed by atoms with Gasteiger partial charge in [0, 0.05) is 12.4 Å². The minimum Gasteiger partial charge on any atom is -0.327 e. The average Bonchev–Trinajstić information content (AvgIpc) is 2.26. The van der Waals surface area contributed by atoms with Crippen molar-refractivity contribution >= 4 is 23.7 Å². The van der Waals surface area contributed by atoms with Crippen molar-refractivity contribution in [1.82, 2.24) is 10.0 Å². The summed E-state index contributed by atoms with van der Waals surface area (Å²) < 4.78 is 47.7. The Hall–Kier alpha value is 0.290. The fraction of sp³-hybridized carbons (Fsp3) is 1.00. The molecular weight excluding hydrogens is 293 g/mol. The molecule has 0 bridgehead atoms. The van der Waals surface area contributed by atoms with Crippen molar-refractivity contribution in [3.8, 4) is 0 Å². The van der Waals surface area contributed by atoms with E-state index in [1.54, 1.807) is 13.8 Å². The first-order valence-electron chi connectivity index (χ1n) is 5.03. The van der Waals surface area contributed by atoms with E-state index in [0.717, 1.165) is 28.1 Å². The molecule has 10 heteroatoms. The van der Waals surface area contributed by atoms with Crippen LogP contribution in [0.2, 0.25) is 0 Å². The third-order valence-electron chi connectivity index (χ3n) is 1.51. The summed E-state index contributed by atoms with van der Waals surface area (Å²) >= 11 is 1.79. The van der Waals surface area contributed by atoms with Crippen LogP contribution in [0.15, 0.2) is 0 Å². The first kappa shape index (κ1) is 18.3. The highest BCUT2D eigenvalue weighted by molar-refractivity contribution is 8.01. The Morgan fingerprint density at radius 1 is 1.28 bits per heavy atom. The quantitative estimate of drug-likeness (QED) is 0.399. The Balaban J connectivity index is 5.10. The van der Waals surface area contributed by atoms with E-state index in [1.807, 2.05) is 0 Å². The Morgan fingerprint density at radius 3 is 2.22 bits per heavy atom. The third kappa shape index (κ3) is 5.95. The van der Waals surface area contributed by atoms with Crippen molar-refractivity contribution in [2.24, 2.45) is 0 Å². The van der Waals surface area contributed by atoms with Crippen LogP contribution in [-0.4, -0.2) is 41.7 Å². The molecule has 0 amide bonds. The Bertz CT molecular complexity index is 230. The molecule has 0 radical (unpaired) electrons. The predicted octanol–water partition coefficient (Wildman–Crippen LogP) is 2.57. The first-order chi connectivity index (χ1) is 8.35. The van der Waals surface area contributed by atoms with Gasteiger partial charge >= 0.3 is 11.6 Å². The first-order valence-corrected chi connectivity index (χ1v) is 7.19. The van der Waals surface area contributed by atoms with Gasteiger partial charge in [0.05, 0.1) is 7.11 Å². The van der Waals surface area contributed by atoms with Crippen LogP contribution in [0.25, 0.3) is 0 Å². The van der Waals surface area contributed by atoms with Gasteiger partial charge in [0.1, 0.15) is 0 Å². The summed E-state index contributed by atoms with van der Waals surface area (Å²) in [5.74, 6) is 0.507. The molecule has 0 aliphatic rings. The van der Waals surface area contributed by atoms with Crippen LogP contribution >= 0.6 is 23.7 Å². The van der Waals surface area contributed by atoms with Gasteiger partial charge in [0.15, 0.2) is 0 Å². The number of nitrogens with zero attached hydrogens (tertiary/aromatic N) is 1. The number of hydrogen-bond acceptors (Lipinski definition) is 7. The number of hydrazine groups is 1. The van der Waals surface area contributed by atoms with E-state index in [0.29, 0.717) is 5.75 Å². The summed E-state index contributed by atoms with van der Waals surface area (Å²) in [5.41, 5.74) is 2.31. The molecule has 1 unspecified atom stereocenters. The van der Waals surface area contributed by atoms with Crippen LogP contribution in [0.4, 0.5) is 13.2 Å². The van der Waals surface area contributed by atoms with Gasteiger partial charge in [-0.3, -0.25) is 4.84 Å². The van der Waals surface area contributed by atoms with Gasteiger partial charge in [-0.05, 0) is 13.2 Å². The maximum Gasteiger partial charge on any atom is 0.526 e. The minimum absolute atomic E-state index is 0.0447. The second-order valence-corrected chi connectivity index (χ2v) is 4.84. The van der Waals surface area contributed by atoms with E-state index in [1.165, 1.54) is 13.4 Å². The summed E-state index contributed by atoms with van der Waals surface area (Å²) in [6.45, 7) is 3.40. The molecule has 0 aromatic carbocycles. The summed E-state index contributed by atoms with van der Waals surface area (Å²) in [5, 5.41) is -2.05. The fourth-order valence-electron chi connectivity index (χ4n) is 1.02. The van der Waals surface area contributed by atoms with E-state index in [9.17, 15) is 13.2 Å². The topological polar surface area (TPSA) is 43.0 Å². The molecule has 1 N–H and O–H groups in total. The van der Waals surface area contributed by atoms with Crippen molar-refractivity contribution < 1.29 is 27.5 Å². The van der Waals surface area contributed by atoms with Gasteiger partial charge in [-0.1, -0.05) is 35.0 Å². The molecule has 0 aliphatic heterocycles. The van der Waals surface area contributed by atoms with Gasteiger partial charge in [0.25, 0.3) is 0 Å². The van der Waals surface area contributed by atoms with Crippen molar-refractivity contribution in [3.05, 3.63) is 0 Å². The van der Waals surface area contributed by atoms with Crippen molar-refractivity contribution in [2.75, 3.05) is 25.7 Å². The van der Waals surface area contributed by atoms with E-state index in [-0.39, 0.29) is 6.61 Å². The Labute approximate surface area is 113 Å². The number of alkyl halides is 3. The monoisotopic (exact) mass is 310 g/mol. The van der Waals surface area contributed by atoms with Crippen LogP contribution in [0, 0.1) is 0 Å². The number of rotatable bonds is 9. The molecule has 5 nitrogen and oxygen atoms in total. The standard InChI is InChI=1S/C8H17F3N2O3S2/c1-5-15-8(17-4,16-7(9,10)11)13(12-14-3)18-6-2/h12H,5-6H2,1-4H3. The molecule has 1 atom stereocenters. The molecule has 0 spiro atoms. The maximum absolute atomic E-state index is 12.5. The highest BCUT2D eigenvalue weighted by Crippen LogP contribution is 2.39. The zero-order chi connectivity index (χ0) is 14.2. The molecular formula is C8H17F3N2O3S2. The molecule has 0 heterocycles. The van der Waals surface area contributed by atoms with Crippen LogP contribution in [0.5, 0.6) is 0 Å². The summed E-state index contributed by atoms with van der Waals surface area (Å²) in [6, 6.07) is 0. The fourth-order valence-corrected chi connectivity index (χ4v) is 2.65. The van der Waals surface area contributed by atoms with Gasteiger partial charge in [-0.25, -0.2) is 4.74 Å². The molecule has 110 valence electrons. The van der Waals surface area contributed by atoms with Gasteiger partial charge < -0.3 is 4.74 Å². The lowest BCUT2D eigenvalue weighted by molar-refractivity contribution is -0.418. The number of ether oxygens (including phenoxy) is 2. The smallest absolute Gasteiger partial charge is 0.327 e. The van der Waals surface area contributed by atoms with Crippen LogP contribution in [0.3, 0.4) is 0 Å². The molecule has 0 aromatic rings. The number of hydrogen-bond donors (Lipinski definition) is 1. The van der Waals surface area contributed by atoms with Crippen molar-refractivity contribution in [2.45, 2.75) is 25.5 Å². The van der Waals surface area contributed by atoms with Gasteiger partial charge in [-0.2, -0.15) is 0 Å². The SMILES string of the molecule is CCOC(OC(F)(F)F)(SC)N(NOC)SCC. The summed E-state index contributed by atoms with van der Waals surface area (Å²) in [4.78, 5) is 4.64. The second kappa shape index (κ2) is 8.46. The Morgan fingerprint density at radius 2 is 1.89 bits per heavy atom. The van der Waals surface area contributed by atoms with Crippen molar-refractivity contribution in [1.29, 1.82) is 0 Å². The number of nitrogens with one attached hydrogen (secondary N) is 1. The number of halogens is 3. The molecule has 0 aromatic heterocycles. The highest BCUT2D eigenvalue weighted by atomic mass is 32.2. The van der Waals surface area contributed by atoms with E-state index >= 15 is 0 Å². The lowest BCUT2D eigenvalue weighted by Crippen LogP contribution is -2.55. The van der Waals surface area contributed by atoms with Gasteiger partial charge in [-0.15, -0.1) is 18.8 Å². The average molecular weight is 310 g/mol. The Kier molecular flexibility index (Phi) is 8.59. The summed E-state index contributed by atoms with van der Waals surface area (Å²) in [6.07, 6.45) is -3.39. The highest BCUT2D eigenvalue weighted by Gasteiger charge is 2.49. The zero-order valence-corrected chi connectivity index (χ0v) is 12.2. The van der Waals surface area contributed by atoms with Crippen LogP contribution in [-0.2, 0) is 14.3 Å². The largest absolute Gasteiger partial charge is 0.526 e. The molecule has 0 saturated carbocycles. The van der Waals surface area contributed by atoms with Gasteiger partial charge in [0.2, 0.25) is 0 Å². The zero-order valence-electron chi connectivity index (χ0n) is 10.5. The van der Waals surface area contributed by atoms with Crippen LogP contribution < -0.4 is 5.59 Å². The normalized spacial score (nSPS) is 16.0. The van der Waals surface area contributed by atoms with E-state index in [4.69, 9.17) is 4.74 Å². The molecule has 0 fully saturated rings. The second-order valence-electron chi connectivity index (χ2n) is 2.72. The molecule has 0 aliphatic carbocycles. The molecule has 0 rings (SSSR count). The summed E-state index contributed by atoms with van der Waals surface area (Å²) in [7, 11) is 1.29. The number of thioether (sulfide) groups is 1. The molecule has 0 saturated heterocycles. The molecule has 18 heavy (non-hydrogen) atoms. The van der Waals surface area contributed by atoms with E-state index in [2.05, 4.69) is 15.2 Å². The predicted molar refractivity (Wildman–Crippen MR) is 65.1 cm³/mol. The van der Waals surface area contributed by atoms with Crippen LogP contribution in [0.1, 0.15) is 13.8 Å². The lowest BCUT2D eigenvalue weighted by Gasteiger charge is -2.39. The maximum atomic E-state index is 12.5. The lowest BCUT2D eigenvalue weighted by atomic mass is 10.8. The van der Waals surface area contributed by atoms with Crippen molar-refractivity contribution in [3.63, 3.8) is 0 Å².